The maximum absolute atomic E-state index is 13.6. The molecule has 0 aromatic heterocycles. The van der Waals surface area contributed by atoms with Crippen LogP contribution in [0.15, 0.2) is 328 Å². The van der Waals surface area contributed by atoms with Crippen LogP contribution in [0.5, 0.6) is 0 Å². The summed E-state index contributed by atoms with van der Waals surface area (Å²) in [5, 5.41) is 11.0. The summed E-state index contributed by atoms with van der Waals surface area (Å²) < 4.78 is 52.1. The molecule has 2 unspecified atom stereocenters. The Labute approximate surface area is 606 Å². The standard InChI is InChI=1S/C45H36O8.C44H34O8/c1-49-45-41(53-44(48)38-27-21-35(22-28-38)32-15-9-4-10-16-32)40(52-43(47)37-25-19-34(20-26-37)31-13-7-3-8-14-31)39(51-45)29-50-42(46)36-23-17-33(18-24-36)30-11-5-2-6-12-30;45-41(35-22-16-32(17-23-35)29-10-4-1-5-11-29)49-28-38-39(51-42(46)36-24-18-33(19-25-36)30-12-6-2-7-13-30)40(44(48)50-38)52-43(47)37-26-20-34(21-27-37)31-14-8-3-9-15-31/h2-28,39-41,45H,29H2,1H3;1-27,38-40,44,48H,28H2/t39-,40-,41-,45?;38-,39-,40-,44?/m00/s1. The van der Waals surface area contributed by atoms with Gasteiger partial charge in [-0.1, -0.05) is 255 Å². The topological polar surface area (TPSA) is 206 Å². The average Bonchev–Trinajstić information content (AvgIpc) is 1.60. The van der Waals surface area contributed by atoms with Crippen molar-refractivity contribution in [3.05, 3.63) is 361 Å². The van der Waals surface area contributed by atoms with Crippen molar-refractivity contribution >= 4 is 35.8 Å². The second-order valence-electron chi connectivity index (χ2n) is 24.7. The summed E-state index contributed by atoms with van der Waals surface area (Å²) in [6, 6.07) is 100. The van der Waals surface area contributed by atoms with Crippen LogP contribution < -0.4 is 0 Å². The predicted molar refractivity (Wildman–Crippen MR) is 395 cm³/mol. The molecule has 2 saturated heterocycles. The van der Waals surface area contributed by atoms with Crippen molar-refractivity contribution in [3.8, 4) is 66.8 Å². The Morgan fingerprint density at radius 3 is 0.705 bits per heavy atom. The fourth-order valence-electron chi connectivity index (χ4n) is 12.2. The molecule has 0 spiro atoms. The maximum atomic E-state index is 13.6. The zero-order valence-electron chi connectivity index (χ0n) is 56.8. The summed E-state index contributed by atoms with van der Waals surface area (Å²) in [5.41, 5.74) is 13.2. The summed E-state index contributed by atoms with van der Waals surface area (Å²) in [5.74, 6) is -4.05. The van der Waals surface area contributed by atoms with Crippen LogP contribution in [-0.4, -0.2) is 110 Å². The Bertz CT molecular complexity index is 4880. The number of rotatable bonds is 21. The molecule has 0 bridgehead atoms. The smallest absolute Gasteiger partial charge is 0.338 e. The predicted octanol–water partition coefficient (Wildman–Crippen LogP) is 16.7. The normalized spacial score (nSPS) is 17.9. The highest BCUT2D eigenvalue weighted by Crippen LogP contribution is 2.34. The lowest BCUT2D eigenvalue weighted by molar-refractivity contribution is -0.155. The number of aliphatic hydroxyl groups is 1. The van der Waals surface area contributed by atoms with Gasteiger partial charge in [-0.3, -0.25) is 0 Å². The number of aliphatic hydroxyl groups excluding tert-OH is 1. The highest BCUT2D eigenvalue weighted by Gasteiger charge is 2.52. The van der Waals surface area contributed by atoms with Gasteiger partial charge in [-0.15, -0.1) is 0 Å². The zero-order valence-corrected chi connectivity index (χ0v) is 56.8. The van der Waals surface area contributed by atoms with Gasteiger partial charge in [0, 0.05) is 7.11 Å². The van der Waals surface area contributed by atoms with E-state index in [1.165, 1.54) is 7.11 Å². The van der Waals surface area contributed by atoms with Gasteiger partial charge >= 0.3 is 35.8 Å². The fraction of sp³-hybridized carbons (Fsp3) is 0.124. The maximum Gasteiger partial charge on any atom is 0.338 e. The molecule has 16 heteroatoms. The van der Waals surface area contributed by atoms with Crippen molar-refractivity contribution in [2.75, 3.05) is 20.3 Å². The molecule has 0 amide bonds. The van der Waals surface area contributed by atoms with Gasteiger partial charge in [0.1, 0.15) is 25.4 Å². The molecule has 0 saturated carbocycles. The average molecular weight is 1400 g/mol. The van der Waals surface area contributed by atoms with Crippen molar-refractivity contribution in [1.29, 1.82) is 0 Å². The summed E-state index contributed by atoms with van der Waals surface area (Å²) >= 11 is 0. The Morgan fingerprint density at radius 2 is 0.457 bits per heavy atom. The van der Waals surface area contributed by atoms with Gasteiger partial charge in [0.05, 0.1) is 33.4 Å². The van der Waals surface area contributed by atoms with E-state index in [1.54, 1.807) is 97.1 Å². The lowest BCUT2D eigenvalue weighted by atomic mass is 10.0. The minimum atomic E-state index is -1.67. The lowest BCUT2D eigenvalue weighted by Gasteiger charge is -2.24. The van der Waals surface area contributed by atoms with Crippen molar-refractivity contribution < 1.29 is 76.5 Å². The van der Waals surface area contributed by atoms with E-state index in [9.17, 15) is 33.9 Å². The number of methoxy groups -OCH3 is 1. The van der Waals surface area contributed by atoms with E-state index < -0.39 is 85.0 Å². The van der Waals surface area contributed by atoms with E-state index in [1.807, 2.05) is 231 Å². The van der Waals surface area contributed by atoms with Crippen molar-refractivity contribution in [1.82, 2.24) is 0 Å². The molecule has 105 heavy (non-hydrogen) atoms. The van der Waals surface area contributed by atoms with E-state index in [0.717, 1.165) is 66.8 Å². The van der Waals surface area contributed by atoms with Crippen LogP contribution in [0.4, 0.5) is 0 Å². The molecule has 16 nitrogen and oxygen atoms in total. The van der Waals surface area contributed by atoms with Crippen LogP contribution >= 0.6 is 0 Å². The molecular weight excluding hydrogens is 1320 g/mol. The number of ether oxygens (including phenoxy) is 9. The van der Waals surface area contributed by atoms with Crippen LogP contribution in [0.25, 0.3) is 66.8 Å². The number of benzene rings is 12. The third-order valence-corrected chi connectivity index (χ3v) is 17.9. The first-order chi connectivity index (χ1) is 51.4. The Balaban J connectivity index is 0.000000186. The highest BCUT2D eigenvalue weighted by atomic mass is 16.7. The molecule has 2 aliphatic rings. The van der Waals surface area contributed by atoms with Crippen LogP contribution in [0.2, 0.25) is 0 Å². The lowest BCUT2D eigenvalue weighted by Crippen LogP contribution is -2.42. The monoisotopic (exact) mass is 1390 g/mol. The quantitative estimate of drug-likeness (QED) is 0.0524. The summed E-state index contributed by atoms with van der Waals surface area (Å²) in [7, 11) is 1.39. The summed E-state index contributed by atoms with van der Waals surface area (Å²) in [6.45, 7) is -0.690. The van der Waals surface area contributed by atoms with Gasteiger partial charge < -0.3 is 47.7 Å². The van der Waals surface area contributed by atoms with E-state index in [0.29, 0.717) is 11.1 Å². The van der Waals surface area contributed by atoms with Crippen LogP contribution in [0.1, 0.15) is 62.1 Å². The molecule has 2 aliphatic heterocycles. The molecule has 522 valence electrons. The third kappa shape index (κ3) is 17.6. The van der Waals surface area contributed by atoms with Crippen LogP contribution in [-0.2, 0) is 42.6 Å². The third-order valence-electron chi connectivity index (χ3n) is 17.9. The largest absolute Gasteiger partial charge is 0.459 e. The second-order valence-corrected chi connectivity index (χ2v) is 24.7. The molecule has 12 aromatic carbocycles. The minimum absolute atomic E-state index is 0.224. The summed E-state index contributed by atoms with van der Waals surface area (Å²) in [4.78, 5) is 80.2. The van der Waals surface area contributed by atoms with Gasteiger partial charge in [-0.05, 0) is 140 Å². The fourth-order valence-corrected chi connectivity index (χ4v) is 12.2. The van der Waals surface area contributed by atoms with Gasteiger partial charge in [0.25, 0.3) is 0 Å². The SMILES string of the molecule is COC1O[C@@H](COC(=O)c2ccc(-c3ccccc3)cc2)[C@H](OC(=O)c2ccc(-c3ccccc3)cc2)[C@@H]1OC(=O)c1ccc(-c2ccccc2)cc1.O=C(OC[C@@H]1OC(O)[C@@H](OC(=O)c2ccc(-c3ccccc3)cc2)[C@H]1OC(=O)c1ccc(-c2ccccc2)cc1)c1ccc(-c2ccccc2)cc1. The van der Waals surface area contributed by atoms with E-state index in [2.05, 4.69) is 0 Å². The van der Waals surface area contributed by atoms with E-state index >= 15 is 0 Å². The molecule has 2 fully saturated rings. The second kappa shape index (κ2) is 33.9. The first-order valence-corrected chi connectivity index (χ1v) is 34.0. The Kier molecular flexibility index (Phi) is 22.8. The molecule has 1 N–H and O–H groups in total. The Morgan fingerprint density at radius 1 is 0.257 bits per heavy atom. The molecule has 0 radical (unpaired) electrons. The molecule has 14 rings (SSSR count). The van der Waals surface area contributed by atoms with Crippen LogP contribution in [0.3, 0.4) is 0 Å². The molecule has 12 aromatic rings. The van der Waals surface area contributed by atoms with Gasteiger partial charge in [0.2, 0.25) is 0 Å². The molecule has 8 atom stereocenters. The minimum Gasteiger partial charge on any atom is -0.459 e. The number of carbonyl (C=O) groups is 6. The van der Waals surface area contributed by atoms with Gasteiger partial charge in [-0.2, -0.15) is 0 Å². The number of carbonyl (C=O) groups excluding carboxylic acids is 6. The van der Waals surface area contributed by atoms with Gasteiger partial charge in [-0.25, -0.2) is 28.8 Å². The molecular formula is C89H70O16. The number of hydrogen-bond donors (Lipinski definition) is 1. The molecule has 0 aliphatic carbocycles. The first kappa shape index (κ1) is 70.7. The number of hydrogen-bond acceptors (Lipinski definition) is 16. The first-order valence-electron chi connectivity index (χ1n) is 34.0. The molecule has 2 heterocycles. The van der Waals surface area contributed by atoms with E-state index in [4.69, 9.17) is 42.6 Å². The number of esters is 6. The zero-order chi connectivity index (χ0) is 72.4. The van der Waals surface area contributed by atoms with E-state index in [-0.39, 0.29) is 35.5 Å². The van der Waals surface area contributed by atoms with Crippen molar-refractivity contribution in [3.63, 3.8) is 0 Å². The van der Waals surface area contributed by atoms with Crippen LogP contribution in [0, 0.1) is 0 Å². The Hall–Kier alpha value is -12.7. The highest BCUT2D eigenvalue weighted by molar-refractivity contribution is 5.94. The van der Waals surface area contributed by atoms with Crippen molar-refractivity contribution in [2.24, 2.45) is 0 Å². The van der Waals surface area contributed by atoms with Crippen molar-refractivity contribution in [2.45, 2.75) is 49.2 Å². The van der Waals surface area contributed by atoms with Gasteiger partial charge in [0.15, 0.2) is 37.0 Å². The summed E-state index contributed by atoms with van der Waals surface area (Å²) in [6.07, 6.45) is -10.0.